The van der Waals surface area contributed by atoms with Gasteiger partial charge in [-0.1, -0.05) is 153 Å². The number of nitrogens with zero attached hydrogens (tertiary/aromatic N) is 6. The largest absolute Gasteiger partial charge is 0.512 e. The van der Waals surface area contributed by atoms with E-state index in [0.29, 0.717) is 0 Å². The van der Waals surface area contributed by atoms with Crippen LogP contribution in [0.25, 0.3) is 106 Å². The number of allylic oxidation sites excluding steroid dienone is 2. The number of hydrogen-bond acceptors (Lipinski definition) is 7. The molecule has 0 aliphatic carbocycles. The standard InChI is InChI=1S/C23H15N2.C18H14N.C17H14N.2C11H8N.C5H8O2.3Ir/c1-3-13-22-19(10-1)20-11-2-4-14-23(20)25(22)18-9-7-8-17(16-18)21-12-5-6-15-24-21;1-14-12-18(16-10-6-3-7-11-16)19-13-17(14)15-8-4-2-5-9-15;1-12-9-13(2)11-15(10-12)17-8-7-14-5-3-4-6-16(14)18-17;2*1-2-6-10(7-3-1)11-8-4-5-9-12-11;1-4(6)3-5(2)7;;;/h1-7,9-16H;2-10,12-13H,1H3;3-10H,1-2H3;2*1-6,8-9H;3,6H,1-2H3;;;/q5*-1;;;;. The first-order chi connectivity index (χ1) is 45.5. The van der Waals surface area contributed by atoms with Crippen molar-refractivity contribution in [3.8, 4) is 73.1 Å². The molecule has 15 aromatic rings. The van der Waals surface area contributed by atoms with Crippen LogP contribution < -0.4 is 0 Å². The van der Waals surface area contributed by atoms with E-state index in [1.807, 2.05) is 182 Å². The van der Waals surface area contributed by atoms with E-state index < -0.39 is 0 Å². The molecule has 1 N–H and O–H groups in total. The topological polar surface area (TPSA) is 107 Å². The third-order valence-corrected chi connectivity index (χ3v) is 14.5. The first-order valence-electron chi connectivity index (χ1n) is 30.5. The monoisotopic (exact) mass is 1780 g/mol. The molecule has 0 aliphatic heterocycles. The molecule has 0 atom stereocenters. The number of ketones is 1. The maximum absolute atomic E-state index is 10.0. The molecule has 6 heterocycles. The molecular formula is C85H67Ir3N6O2-5. The van der Waals surface area contributed by atoms with Crippen molar-refractivity contribution < 1.29 is 70.2 Å². The normalized spacial score (nSPS) is 10.2. The van der Waals surface area contributed by atoms with Crippen LogP contribution in [0.1, 0.15) is 30.5 Å². The summed E-state index contributed by atoms with van der Waals surface area (Å²) in [6.45, 7) is 9.14. The fourth-order valence-corrected chi connectivity index (χ4v) is 10.3. The number of rotatable bonds is 8. The van der Waals surface area contributed by atoms with Crippen LogP contribution in [-0.4, -0.2) is 40.4 Å². The predicted molar refractivity (Wildman–Crippen MR) is 381 cm³/mol. The maximum Gasteiger partial charge on any atom is 0.155 e. The number of benzene rings is 9. The smallest absolute Gasteiger partial charge is 0.155 e. The molecule has 0 aliphatic rings. The van der Waals surface area contributed by atoms with Crippen LogP contribution in [0.15, 0.2) is 316 Å². The number of carbonyl (C=O) groups is 1. The van der Waals surface area contributed by atoms with Crippen LogP contribution in [0.5, 0.6) is 0 Å². The van der Waals surface area contributed by atoms with E-state index in [0.717, 1.165) is 73.1 Å². The summed E-state index contributed by atoms with van der Waals surface area (Å²) in [5.41, 5.74) is 20.6. The van der Waals surface area contributed by atoms with Gasteiger partial charge in [0.15, 0.2) is 5.78 Å². The van der Waals surface area contributed by atoms with E-state index in [1.165, 1.54) is 69.4 Å². The van der Waals surface area contributed by atoms with Crippen molar-refractivity contribution in [2.75, 3.05) is 0 Å². The van der Waals surface area contributed by atoms with Crippen molar-refractivity contribution in [1.82, 2.24) is 29.5 Å². The Morgan fingerprint density at radius 2 is 0.917 bits per heavy atom. The van der Waals surface area contributed by atoms with Gasteiger partial charge in [-0.2, -0.15) is 0 Å². The number of aryl methyl sites for hydroxylation is 3. The molecule has 0 saturated heterocycles. The van der Waals surface area contributed by atoms with Gasteiger partial charge in [0.25, 0.3) is 0 Å². The molecular weight excluding hydrogens is 1710 g/mol. The number of aliphatic hydroxyl groups excluding tert-OH is 1. The van der Waals surface area contributed by atoms with E-state index in [4.69, 9.17) is 10.1 Å². The molecule has 6 aromatic heterocycles. The Morgan fingerprint density at radius 3 is 1.41 bits per heavy atom. The van der Waals surface area contributed by atoms with E-state index >= 15 is 0 Å². The second-order valence-electron chi connectivity index (χ2n) is 21.6. The molecule has 0 saturated carbocycles. The Morgan fingerprint density at radius 1 is 0.427 bits per heavy atom. The third-order valence-electron chi connectivity index (χ3n) is 14.5. The minimum atomic E-state index is -0.125. The minimum absolute atomic E-state index is 0. The molecule has 0 amide bonds. The molecule has 0 unspecified atom stereocenters. The Balaban J connectivity index is 0.000000168. The SMILES string of the molecule is CC(=O)C=C(C)O.Cc1[c-]c(-c2ccc3ccccc3n2)cc(C)c1.Cc1cc(-c2[c-]cccc2)ncc1-c1ccccc1.[Ir].[Ir].[Ir].[c-]1ccc(-n2c3ccccc3c3ccccc32)cc1-c1ccccn1.[c-]1ccccc1-c1ccccn1.[c-]1ccccc1-c1ccccn1. The molecule has 8 nitrogen and oxygen atoms in total. The van der Waals surface area contributed by atoms with Crippen LogP contribution in [-0.2, 0) is 65.1 Å². The zero-order valence-electron chi connectivity index (χ0n) is 53.5. The molecule has 9 aromatic carbocycles. The van der Waals surface area contributed by atoms with Gasteiger partial charge in [-0.05, 0) is 108 Å². The number of pyridine rings is 5. The Kier molecular flexibility index (Phi) is 28.8. The average molecular weight is 1780 g/mol. The van der Waals surface area contributed by atoms with Crippen molar-refractivity contribution in [1.29, 1.82) is 0 Å². The van der Waals surface area contributed by atoms with Crippen molar-refractivity contribution in [3.05, 3.63) is 363 Å². The number of para-hydroxylation sites is 3. The Hall–Kier alpha value is -10.1. The molecule has 0 spiro atoms. The minimum Gasteiger partial charge on any atom is -0.512 e. The van der Waals surface area contributed by atoms with Gasteiger partial charge in [0.1, 0.15) is 0 Å². The number of aliphatic hydroxyl groups is 1. The Bertz CT molecular complexity index is 4640. The van der Waals surface area contributed by atoms with Crippen molar-refractivity contribution in [2.45, 2.75) is 34.6 Å². The fourth-order valence-electron chi connectivity index (χ4n) is 10.3. The average Bonchev–Trinajstić information content (AvgIpc) is 1.60. The van der Waals surface area contributed by atoms with Gasteiger partial charge in [0, 0.05) is 108 Å². The molecule has 0 bridgehead atoms. The first-order valence-corrected chi connectivity index (χ1v) is 30.5. The van der Waals surface area contributed by atoms with Crippen LogP contribution in [0.3, 0.4) is 0 Å². The zero-order chi connectivity index (χ0) is 64.6. The van der Waals surface area contributed by atoms with Crippen molar-refractivity contribution in [2.24, 2.45) is 0 Å². The summed E-state index contributed by atoms with van der Waals surface area (Å²) in [7, 11) is 0. The van der Waals surface area contributed by atoms with Crippen LogP contribution >= 0.6 is 0 Å². The fraction of sp³-hybridized carbons (Fsp3) is 0.0588. The van der Waals surface area contributed by atoms with Crippen molar-refractivity contribution in [3.63, 3.8) is 0 Å². The summed E-state index contributed by atoms with van der Waals surface area (Å²) in [6, 6.07) is 110. The molecule has 0 fully saturated rings. The number of carbonyl (C=O) groups excluding carboxylic acids is 1. The summed E-state index contributed by atoms with van der Waals surface area (Å²) in [6.07, 6.45) is 8.50. The van der Waals surface area contributed by atoms with Gasteiger partial charge in [0.05, 0.1) is 22.3 Å². The summed E-state index contributed by atoms with van der Waals surface area (Å²) in [5, 5.41) is 12.1. The first kappa shape index (κ1) is 73.4. The summed E-state index contributed by atoms with van der Waals surface area (Å²) in [5.74, 6) is -0.0625. The van der Waals surface area contributed by atoms with Gasteiger partial charge in [-0.25, -0.2) is 0 Å². The van der Waals surface area contributed by atoms with Crippen LogP contribution in [0.4, 0.5) is 0 Å². The summed E-state index contributed by atoms with van der Waals surface area (Å²) in [4.78, 5) is 32.2. The number of fused-ring (bicyclic) bond motifs is 4. The summed E-state index contributed by atoms with van der Waals surface area (Å²) < 4.78 is 2.31. The van der Waals surface area contributed by atoms with Gasteiger partial charge < -0.3 is 29.6 Å². The second kappa shape index (κ2) is 37.7. The third kappa shape index (κ3) is 20.7. The molecule has 11 heteroatoms. The van der Waals surface area contributed by atoms with Gasteiger partial charge in [-0.15, -0.1) is 172 Å². The van der Waals surface area contributed by atoms with Gasteiger partial charge >= 0.3 is 0 Å². The number of aromatic nitrogens is 6. The second-order valence-corrected chi connectivity index (χ2v) is 21.6. The predicted octanol–water partition coefficient (Wildman–Crippen LogP) is 20.6. The van der Waals surface area contributed by atoms with Gasteiger partial charge in [0.2, 0.25) is 0 Å². The molecule has 3 radical (unpaired) electrons. The molecule has 96 heavy (non-hydrogen) atoms. The van der Waals surface area contributed by atoms with Crippen LogP contribution in [0.2, 0.25) is 0 Å². The number of hydrogen-bond donors (Lipinski definition) is 1. The van der Waals surface area contributed by atoms with Gasteiger partial charge in [-0.3, -0.25) is 9.78 Å². The van der Waals surface area contributed by atoms with E-state index in [9.17, 15) is 4.79 Å². The Labute approximate surface area is 603 Å². The zero-order valence-corrected chi connectivity index (χ0v) is 60.7. The summed E-state index contributed by atoms with van der Waals surface area (Å²) >= 11 is 0. The molecule has 15 rings (SSSR count). The van der Waals surface area contributed by atoms with Crippen molar-refractivity contribution >= 4 is 38.5 Å². The van der Waals surface area contributed by atoms with Crippen LogP contribution in [0, 0.1) is 51.1 Å². The van der Waals surface area contributed by atoms with E-state index in [2.05, 4.69) is 185 Å². The quantitative estimate of drug-likeness (QED) is 0.0917. The maximum atomic E-state index is 10.0. The van der Waals surface area contributed by atoms with E-state index in [-0.39, 0.29) is 71.9 Å². The molecule has 481 valence electrons. The van der Waals surface area contributed by atoms with E-state index in [1.54, 1.807) is 12.4 Å².